The van der Waals surface area contributed by atoms with Crippen LogP contribution in [0.5, 0.6) is 0 Å². The van der Waals surface area contributed by atoms with E-state index in [4.69, 9.17) is 0 Å². The highest BCUT2D eigenvalue weighted by atomic mass is 79.9. The molecule has 0 spiro atoms. The molecule has 0 aromatic carbocycles. The third-order valence-corrected chi connectivity index (χ3v) is 4.69. The SMILES string of the molecule is Cc1nn(C)cc1C(=O)N1CCC(Br)C(C)C1. The second kappa shape index (κ2) is 4.80. The Hall–Kier alpha value is -0.840. The van der Waals surface area contributed by atoms with E-state index in [0.717, 1.165) is 30.8 Å². The lowest BCUT2D eigenvalue weighted by Crippen LogP contribution is -2.43. The summed E-state index contributed by atoms with van der Waals surface area (Å²) in [5, 5.41) is 4.22. The van der Waals surface area contributed by atoms with Crippen molar-refractivity contribution in [3.63, 3.8) is 0 Å². The molecular weight excluding hydrogens is 282 g/mol. The number of nitrogens with zero attached hydrogens (tertiary/aromatic N) is 3. The number of hydrogen-bond acceptors (Lipinski definition) is 2. The minimum Gasteiger partial charge on any atom is -0.338 e. The minimum absolute atomic E-state index is 0.113. The number of alkyl halides is 1. The Bertz CT molecular complexity index is 429. The Kier molecular flexibility index (Phi) is 3.56. The summed E-state index contributed by atoms with van der Waals surface area (Å²) in [6.45, 7) is 5.71. The summed E-state index contributed by atoms with van der Waals surface area (Å²) in [5.41, 5.74) is 1.54. The van der Waals surface area contributed by atoms with Crippen LogP contribution in [0.3, 0.4) is 0 Å². The average molecular weight is 300 g/mol. The van der Waals surface area contributed by atoms with Gasteiger partial charge in [-0.2, -0.15) is 5.10 Å². The first-order valence-electron chi connectivity index (χ1n) is 5.92. The first-order chi connectivity index (χ1) is 7.99. The lowest BCUT2D eigenvalue weighted by atomic mass is 9.99. The normalized spacial score (nSPS) is 25.1. The molecular formula is C12H18BrN3O. The number of aryl methyl sites for hydroxylation is 2. The van der Waals surface area contributed by atoms with Gasteiger partial charge in [0, 0.05) is 31.2 Å². The molecule has 4 nitrogen and oxygen atoms in total. The van der Waals surface area contributed by atoms with Crippen LogP contribution >= 0.6 is 15.9 Å². The number of halogens is 1. The van der Waals surface area contributed by atoms with Crippen molar-refractivity contribution in [3.8, 4) is 0 Å². The molecule has 1 amide bonds. The smallest absolute Gasteiger partial charge is 0.257 e. The van der Waals surface area contributed by atoms with E-state index in [2.05, 4.69) is 28.0 Å². The molecule has 94 valence electrons. The predicted molar refractivity (Wildman–Crippen MR) is 70.3 cm³/mol. The zero-order chi connectivity index (χ0) is 12.6. The van der Waals surface area contributed by atoms with Crippen LogP contribution in [0, 0.1) is 12.8 Å². The summed E-state index contributed by atoms with van der Waals surface area (Å²) in [5.74, 6) is 0.617. The van der Waals surface area contributed by atoms with E-state index in [1.165, 1.54) is 0 Å². The Morgan fingerprint density at radius 2 is 2.29 bits per heavy atom. The third kappa shape index (κ3) is 2.54. The van der Waals surface area contributed by atoms with E-state index in [1.54, 1.807) is 4.68 Å². The minimum atomic E-state index is 0.113. The van der Waals surface area contributed by atoms with Gasteiger partial charge in [0.15, 0.2) is 0 Å². The van der Waals surface area contributed by atoms with Crippen molar-refractivity contribution in [3.05, 3.63) is 17.5 Å². The molecule has 17 heavy (non-hydrogen) atoms. The second-order valence-corrected chi connectivity index (χ2v) is 6.01. The van der Waals surface area contributed by atoms with Gasteiger partial charge < -0.3 is 4.90 Å². The maximum atomic E-state index is 12.3. The van der Waals surface area contributed by atoms with Crippen LogP contribution in [0.25, 0.3) is 0 Å². The van der Waals surface area contributed by atoms with E-state index in [9.17, 15) is 4.79 Å². The highest BCUT2D eigenvalue weighted by Gasteiger charge is 2.28. The third-order valence-electron chi connectivity index (χ3n) is 3.33. The molecule has 1 aliphatic heterocycles. The van der Waals surface area contributed by atoms with Gasteiger partial charge in [-0.25, -0.2) is 0 Å². The molecule has 0 saturated carbocycles. The van der Waals surface area contributed by atoms with Crippen LogP contribution in [0.2, 0.25) is 0 Å². The van der Waals surface area contributed by atoms with Crippen molar-refractivity contribution < 1.29 is 4.79 Å². The molecule has 2 unspecified atom stereocenters. The number of aromatic nitrogens is 2. The maximum Gasteiger partial charge on any atom is 0.257 e. The second-order valence-electron chi connectivity index (χ2n) is 4.83. The van der Waals surface area contributed by atoms with Crippen LogP contribution < -0.4 is 0 Å². The summed E-state index contributed by atoms with van der Waals surface area (Å²) in [4.78, 5) is 14.8. The molecule has 0 aliphatic carbocycles. The van der Waals surface area contributed by atoms with Crippen molar-refractivity contribution >= 4 is 21.8 Å². The van der Waals surface area contributed by atoms with Gasteiger partial charge in [0.2, 0.25) is 0 Å². The van der Waals surface area contributed by atoms with E-state index in [1.807, 2.05) is 25.1 Å². The van der Waals surface area contributed by atoms with Crippen molar-refractivity contribution in [2.75, 3.05) is 13.1 Å². The quantitative estimate of drug-likeness (QED) is 0.744. The van der Waals surface area contributed by atoms with Crippen molar-refractivity contribution in [1.29, 1.82) is 0 Å². The molecule has 2 heterocycles. The molecule has 2 rings (SSSR count). The maximum absolute atomic E-state index is 12.3. The number of amides is 1. The van der Waals surface area contributed by atoms with Gasteiger partial charge in [-0.05, 0) is 19.3 Å². The molecule has 0 N–H and O–H groups in total. The van der Waals surface area contributed by atoms with Crippen molar-refractivity contribution in [2.24, 2.45) is 13.0 Å². The zero-order valence-electron chi connectivity index (χ0n) is 10.5. The molecule has 2 atom stereocenters. The van der Waals surface area contributed by atoms with Crippen LogP contribution in [0.4, 0.5) is 0 Å². The Morgan fingerprint density at radius 1 is 1.59 bits per heavy atom. The zero-order valence-corrected chi connectivity index (χ0v) is 12.1. The van der Waals surface area contributed by atoms with Gasteiger partial charge in [0.1, 0.15) is 0 Å². The molecule has 0 bridgehead atoms. The lowest BCUT2D eigenvalue weighted by Gasteiger charge is -2.34. The number of hydrogen-bond donors (Lipinski definition) is 0. The van der Waals surface area contributed by atoms with Gasteiger partial charge in [0.25, 0.3) is 5.91 Å². The van der Waals surface area contributed by atoms with E-state index in [0.29, 0.717) is 10.7 Å². The molecule has 1 fully saturated rings. The number of rotatable bonds is 1. The fourth-order valence-electron chi connectivity index (χ4n) is 2.28. The van der Waals surface area contributed by atoms with Gasteiger partial charge in [-0.3, -0.25) is 9.48 Å². The molecule has 5 heteroatoms. The summed E-state index contributed by atoms with van der Waals surface area (Å²) in [7, 11) is 1.84. The number of carbonyl (C=O) groups excluding carboxylic acids is 1. The van der Waals surface area contributed by atoms with Crippen LogP contribution in [0.1, 0.15) is 29.4 Å². The Balaban J connectivity index is 2.13. The van der Waals surface area contributed by atoms with Crippen LogP contribution in [-0.4, -0.2) is 38.5 Å². The predicted octanol–water partition coefficient (Wildman–Crippen LogP) is 1.97. The van der Waals surface area contributed by atoms with E-state index < -0.39 is 0 Å². The molecule has 1 aromatic rings. The fourth-order valence-corrected chi connectivity index (χ4v) is 2.65. The average Bonchev–Trinajstić information content (AvgIpc) is 2.61. The van der Waals surface area contributed by atoms with Crippen molar-refractivity contribution in [1.82, 2.24) is 14.7 Å². The molecule has 1 aromatic heterocycles. The van der Waals surface area contributed by atoms with Gasteiger partial charge in [0.05, 0.1) is 11.3 Å². The number of piperidine rings is 1. The first-order valence-corrected chi connectivity index (χ1v) is 6.84. The Labute approximate surface area is 110 Å². The topological polar surface area (TPSA) is 38.1 Å². The van der Waals surface area contributed by atoms with Gasteiger partial charge in [-0.1, -0.05) is 22.9 Å². The van der Waals surface area contributed by atoms with Gasteiger partial charge in [-0.15, -0.1) is 0 Å². The van der Waals surface area contributed by atoms with Crippen molar-refractivity contribution in [2.45, 2.75) is 25.1 Å². The van der Waals surface area contributed by atoms with Crippen LogP contribution in [0.15, 0.2) is 6.20 Å². The fraction of sp³-hybridized carbons (Fsp3) is 0.667. The number of likely N-dealkylation sites (tertiary alicyclic amines) is 1. The highest BCUT2D eigenvalue weighted by molar-refractivity contribution is 9.09. The first kappa shape index (κ1) is 12.6. The van der Waals surface area contributed by atoms with Gasteiger partial charge >= 0.3 is 0 Å². The van der Waals surface area contributed by atoms with E-state index in [-0.39, 0.29) is 5.91 Å². The summed E-state index contributed by atoms with van der Waals surface area (Å²) in [6.07, 6.45) is 2.83. The summed E-state index contributed by atoms with van der Waals surface area (Å²) >= 11 is 3.65. The summed E-state index contributed by atoms with van der Waals surface area (Å²) in [6, 6.07) is 0. The standard InChI is InChI=1S/C12H18BrN3O/c1-8-6-16(5-4-11(8)13)12(17)10-7-15(3)14-9(10)2/h7-8,11H,4-6H2,1-3H3. The largest absolute Gasteiger partial charge is 0.338 e. The van der Waals surface area contributed by atoms with Crippen LogP contribution in [-0.2, 0) is 7.05 Å². The molecule has 0 radical (unpaired) electrons. The Morgan fingerprint density at radius 3 is 2.82 bits per heavy atom. The summed E-state index contributed by atoms with van der Waals surface area (Å²) < 4.78 is 1.70. The highest BCUT2D eigenvalue weighted by Crippen LogP contribution is 2.24. The monoisotopic (exact) mass is 299 g/mol. The molecule has 1 saturated heterocycles. The lowest BCUT2D eigenvalue weighted by molar-refractivity contribution is 0.0689. The number of carbonyl (C=O) groups is 1. The molecule has 1 aliphatic rings. The van der Waals surface area contributed by atoms with E-state index >= 15 is 0 Å².